The monoisotopic (exact) mass is 245 g/mol. The summed E-state index contributed by atoms with van der Waals surface area (Å²) in [5.41, 5.74) is 1.02. The van der Waals surface area contributed by atoms with E-state index >= 15 is 0 Å². The summed E-state index contributed by atoms with van der Waals surface area (Å²) in [6, 6.07) is 9.61. The molecule has 0 saturated heterocycles. The van der Waals surface area contributed by atoms with Gasteiger partial charge in [-0.25, -0.2) is 4.99 Å². The number of amides is 1. The second kappa shape index (κ2) is 5.78. The maximum absolute atomic E-state index is 11.8. The van der Waals surface area contributed by atoms with Gasteiger partial charge in [0.1, 0.15) is 6.04 Å². The first kappa shape index (κ1) is 12.8. The van der Waals surface area contributed by atoms with Crippen molar-refractivity contribution in [2.24, 2.45) is 4.99 Å². The molecule has 1 atom stereocenters. The van der Waals surface area contributed by atoms with Crippen molar-refractivity contribution in [2.75, 3.05) is 27.2 Å². The third-order valence-corrected chi connectivity index (χ3v) is 3.04. The number of carbonyl (C=O) groups excluding carboxylic acids is 1. The van der Waals surface area contributed by atoms with Gasteiger partial charge in [-0.2, -0.15) is 0 Å². The largest absolute Gasteiger partial charge is 0.347 e. The molecule has 4 heteroatoms. The van der Waals surface area contributed by atoms with Crippen LogP contribution in [0, 0.1) is 0 Å². The molecule has 1 unspecified atom stereocenters. The molecule has 1 aliphatic rings. The van der Waals surface area contributed by atoms with E-state index < -0.39 is 0 Å². The van der Waals surface area contributed by atoms with Crippen LogP contribution < -0.4 is 0 Å². The summed E-state index contributed by atoms with van der Waals surface area (Å²) in [4.78, 5) is 19.9. The summed E-state index contributed by atoms with van der Waals surface area (Å²) in [6.07, 6.45) is 2.70. The second-order valence-corrected chi connectivity index (χ2v) is 4.79. The number of benzene rings is 1. The molecule has 1 aliphatic heterocycles. The number of nitrogens with zero attached hydrogens (tertiary/aromatic N) is 3. The van der Waals surface area contributed by atoms with Crippen molar-refractivity contribution in [2.45, 2.75) is 12.5 Å². The van der Waals surface area contributed by atoms with Gasteiger partial charge in [-0.15, -0.1) is 0 Å². The lowest BCUT2D eigenvalue weighted by Crippen LogP contribution is -2.29. The van der Waals surface area contributed by atoms with E-state index in [9.17, 15) is 4.79 Å². The van der Waals surface area contributed by atoms with Crippen LogP contribution in [-0.4, -0.2) is 49.2 Å². The Morgan fingerprint density at radius 2 is 2.00 bits per heavy atom. The van der Waals surface area contributed by atoms with Crippen LogP contribution in [0.1, 0.15) is 18.0 Å². The predicted molar refractivity (Wildman–Crippen MR) is 72.6 cm³/mol. The van der Waals surface area contributed by atoms with Crippen LogP contribution in [0.5, 0.6) is 0 Å². The van der Waals surface area contributed by atoms with E-state index in [-0.39, 0.29) is 11.9 Å². The van der Waals surface area contributed by atoms with Crippen molar-refractivity contribution in [1.82, 2.24) is 9.80 Å². The standard InChI is InChI=1S/C14H19N3O/c1-16(2)9-6-10-17-11-15-14(18)13(17)12-7-4-3-5-8-12/h3-5,7-8,11,13H,6,9-10H2,1-2H3. The highest BCUT2D eigenvalue weighted by molar-refractivity contribution is 5.95. The van der Waals surface area contributed by atoms with Crippen LogP contribution in [0.15, 0.2) is 35.3 Å². The van der Waals surface area contributed by atoms with Crippen molar-refractivity contribution in [3.05, 3.63) is 35.9 Å². The Balaban J connectivity index is 2.01. The van der Waals surface area contributed by atoms with Gasteiger partial charge in [0.2, 0.25) is 0 Å². The van der Waals surface area contributed by atoms with Crippen molar-refractivity contribution < 1.29 is 4.79 Å². The smallest absolute Gasteiger partial charge is 0.274 e. The molecule has 1 heterocycles. The zero-order valence-corrected chi connectivity index (χ0v) is 10.9. The molecule has 0 fully saturated rings. The van der Waals surface area contributed by atoms with Crippen LogP contribution in [0.25, 0.3) is 0 Å². The van der Waals surface area contributed by atoms with E-state index in [1.165, 1.54) is 0 Å². The molecule has 0 aromatic heterocycles. The number of hydrogen-bond donors (Lipinski definition) is 0. The van der Waals surface area contributed by atoms with Gasteiger partial charge in [-0.1, -0.05) is 30.3 Å². The summed E-state index contributed by atoms with van der Waals surface area (Å²) in [6.45, 7) is 1.87. The molecule has 0 aliphatic carbocycles. The first-order chi connectivity index (χ1) is 8.68. The maximum Gasteiger partial charge on any atom is 0.274 e. The molecule has 2 rings (SSSR count). The van der Waals surface area contributed by atoms with Crippen molar-refractivity contribution in [1.29, 1.82) is 0 Å². The van der Waals surface area contributed by atoms with Crippen molar-refractivity contribution >= 4 is 12.2 Å². The molecule has 0 radical (unpaired) electrons. The summed E-state index contributed by atoms with van der Waals surface area (Å²) in [5.74, 6) is -0.0638. The average Bonchev–Trinajstić information content (AvgIpc) is 2.71. The van der Waals surface area contributed by atoms with Crippen LogP contribution in [0.4, 0.5) is 0 Å². The minimum atomic E-state index is -0.228. The summed E-state index contributed by atoms with van der Waals surface area (Å²) < 4.78 is 0. The number of aliphatic imine (C=N–C) groups is 1. The molecule has 0 saturated carbocycles. The Morgan fingerprint density at radius 3 is 2.67 bits per heavy atom. The average molecular weight is 245 g/mol. The van der Waals surface area contributed by atoms with Gasteiger partial charge in [-0.05, 0) is 32.6 Å². The van der Waals surface area contributed by atoms with Gasteiger partial charge in [0.25, 0.3) is 5.91 Å². The first-order valence-electron chi connectivity index (χ1n) is 6.22. The Labute approximate surface area is 108 Å². The summed E-state index contributed by atoms with van der Waals surface area (Å²) in [7, 11) is 4.11. The van der Waals surface area contributed by atoms with Gasteiger partial charge >= 0.3 is 0 Å². The highest BCUT2D eigenvalue weighted by atomic mass is 16.2. The second-order valence-electron chi connectivity index (χ2n) is 4.79. The first-order valence-corrected chi connectivity index (χ1v) is 6.22. The fourth-order valence-corrected chi connectivity index (χ4v) is 2.14. The Bertz CT molecular complexity index is 428. The highest BCUT2D eigenvalue weighted by Crippen LogP contribution is 2.24. The lowest BCUT2D eigenvalue weighted by atomic mass is 10.1. The van der Waals surface area contributed by atoms with Gasteiger partial charge in [0, 0.05) is 6.54 Å². The maximum atomic E-state index is 11.8. The Kier molecular flexibility index (Phi) is 4.10. The lowest BCUT2D eigenvalue weighted by Gasteiger charge is -2.23. The zero-order chi connectivity index (χ0) is 13.0. The molecule has 1 aromatic carbocycles. The van der Waals surface area contributed by atoms with Crippen molar-refractivity contribution in [3.8, 4) is 0 Å². The topological polar surface area (TPSA) is 35.9 Å². The summed E-state index contributed by atoms with van der Waals surface area (Å²) >= 11 is 0. The molecular weight excluding hydrogens is 226 g/mol. The molecule has 18 heavy (non-hydrogen) atoms. The van der Waals surface area contributed by atoms with Gasteiger partial charge in [0.15, 0.2) is 0 Å². The van der Waals surface area contributed by atoms with Crippen LogP contribution >= 0.6 is 0 Å². The van der Waals surface area contributed by atoms with E-state index in [4.69, 9.17) is 0 Å². The quantitative estimate of drug-likeness (QED) is 0.789. The number of hydrogen-bond acceptors (Lipinski definition) is 3. The fourth-order valence-electron chi connectivity index (χ4n) is 2.14. The zero-order valence-electron chi connectivity index (χ0n) is 10.9. The molecule has 1 amide bonds. The van der Waals surface area contributed by atoms with E-state index in [1.807, 2.05) is 35.2 Å². The third-order valence-electron chi connectivity index (χ3n) is 3.04. The highest BCUT2D eigenvalue weighted by Gasteiger charge is 2.29. The Hall–Kier alpha value is -1.68. The molecule has 4 nitrogen and oxygen atoms in total. The summed E-state index contributed by atoms with van der Waals surface area (Å²) in [5, 5.41) is 0. The van der Waals surface area contributed by atoms with Crippen LogP contribution in [0.3, 0.4) is 0 Å². The molecule has 96 valence electrons. The molecule has 0 N–H and O–H groups in total. The van der Waals surface area contributed by atoms with Crippen LogP contribution in [0.2, 0.25) is 0 Å². The van der Waals surface area contributed by atoms with Gasteiger partial charge in [-0.3, -0.25) is 4.79 Å². The Morgan fingerprint density at radius 1 is 1.28 bits per heavy atom. The molecular formula is C14H19N3O. The van der Waals surface area contributed by atoms with Gasteiger partial charge < -0.3 is 9.80 Å². The third kappa shape index (κ3) is 2.96. The molecule has 0 spiro atoms. The number of rotatable bonds is 5. The molecule has 0 bridgehead atoms. The minimum Gasteiger partial charge on any atom is -0.347 e. The van der Waals surface area contributed by atoms with Crippen molar-refractivity contribution in [3.63, 3.8) is 0 Å². The van der Waals surface area contributed by atoms with Gasteiger partial charge in [0.05, 0.1) is 6.34 Å². The van der Waals surface area contributed by atoms with Crippen LogP contribution in [-0.2, 0) is 4.79 Å². The predicted octanol–water partition coefficient (Wildman–Crippen LogP) is 1.55. The van der Waals surface area contributed by atoms with E-state index in [0.29, 0.717) is 0 Å². The SMILES string of the molecule is CN(C)CCCN1C=NC(=O)C1c1ccccc1. The van der Waals surface area contributed by atoms with E-state index in [0.717, 1.165) is 25.1 Å². The van der Waals surface area contributed by atoms with E-state index in [2.05, 4.69) is 24.0 Å². The fraction of sp³-hybridized carbons (Fsp3) is 0.429. The van der Waals surface area contributed by atoms with E-state index in [1.54, 1.807) is 6.34 Å². The normalized spacial score (nSPS) is 18.9. The lowest BCUT2D eigenvalue weighted by molar-refractivity contribution is -0.120. The minimum absolute atomic E-state index is 0.0638. The number of carbonyl (C=O) groups is 1. The molecule has 1 aromatic rings.